The second kappa shape index (κ2) is 8.04. The second-order valence-electron chi connectivity index (χ2n) is 6.44. The number of nitrogens with one attached hydrogen (secondary N) is 1. The van der Waals surface area contributed by atoms with Crippen LogP contribution in [0.1, 0.15) is 32.3 Å². The Morgan fingerprint density at radius 3 is 2.58 bits per heavy atom. The van der Waals surface area contributed by atoms with Gasteiger partial charge in [-0.25, -0.2) is 0 Å². The summed E-state index contributed by atoms with van der Waals surface area (Å²) in [5.41, 5.74) is 2.47. The summed E-state index contributed by atoms with van der Waals surface area (Å²) in [5, 5.41) is 2.95. The van der Waals surface area contributed by atoms with Gasteiger partial charge in [-0.05, 0) is 30.5 Å². The smallest absolute Gasteiger partial charge is 0.265 e. The van der Waals surface area contributed by atoms with Crippen molar-refractivity contribution in [2.75, 3.05) is 16.8 Å². The van der Waals surface area contributed by atoms with Gasteiger partial charge in [0.1, 0.15) is 5.75 Å². The summed E-state index contributed by atoms with van der Waals surface area (Å²) in [5.74, 6) is 0.559. The van der Waals surface area contributed by atoms with E-state index in [-0.39, 0.29) is 24.3 Å². The molecule has 5 nitrogen and oxygen atoms in total. The molecule has 0 bridgehead atoms. The summed E-state index contributed by atoms with van der Waals surface area (Å²) in [6.45, 7) is 4.52. The molecule has 3 rings (SSSR count). The highest BCUT2D eigenvalue weighted by atomic mass is 16.5. The lowest BCUT2D eigenvalue weighted by Gasteiger charge is -2.30. The maximum atomic E-state index is 12.3. The number of hydrogen-bond acceptors (Lipinski definition) is 3. The van der Waals surface area contributed by atoms with Gasteiger partial charge in [0.15, 0.2) is 6.61 Å². The number of carbonyl (C=O) groups is 2. The van der Waals surface area contributed by atoms with Crippen LogP contribution < -0.4 is 15.0 Å². The lowest BCUT2D eigenvalue weighted by Crippen LogP contribution is -2.38. The zero-order chi connectivity index (χ0) is 18.5. The van der Waals surface area contributed by atoms with Gasteiger partial charge >= 0.3 is 0 Å². The van der Waals surface area contributed by atoms with Crippen LogP contribution in [0, 0.1) is 5.92 Å². The number of amides is 2. The molecule has 2 amide bonds. The Bertz CT molecular complexity index is 785. The van der Waals surface area contributed by atoms with Crippen LogP contribution in [0.2, 0.25) is 0 Å². The van der Waals surface area contributed by atoms with Crippen LogP contribution in [0.5, 0.6) is 5.75 Å². The summed E-state index contributed by atoms with van der Waals surface area (Å²) >= 11 is 0. The van der Waals surface area contributed by atoms with Crippen molar-refractivity contribution < 1.29 is 14.3 Å². The number of benzene rings is 2. The van der Waals surface area contributed by atoms with Gasteiger partial charge < -0.3 is 15.0 Å². The van der Waals surface area contributed by atoms with E-state index in [4.69, 9.17) is 4.74 Å². The molecule has 0 spiro atoms. The van der Waals surface area contributed by atoms with Crippen LogP contribution in [0.4, 0.5) is 11.4 Å². The normalized spacial score (nSPS) is 13.3. The Morgan fingerprint density at radius 2 is 1.88 bits per heavy atom. The Kier molecular flexibility index (Phi) is 5.56. The first kappa shape index (κ1) is 18.0. The highest BCUT2D eigenvalue weighted by molar-refractivity contribution is 5.99. The van der Waals surface area contributed by atoms with Crippen molar-refractivity contribution >= 4 is 23.2 Å². The maximum absolute atomic E-state index is 12.3. The summed E-state index contributed by atoms with van der Waals surface area (Å²) < 4.78 is 5.60. The number of anilines is 2. The fourth-order valence-corrected chi connectivity index (χ4v) is 3.13. The molecule has 26 heavy (non-hydrogen) atoms. The van der Waals surface area contributed by atoms with Gasteiger partial charge in [-0.2, -0.15) is 0 Å². The summed E-state index contributed by atoms with van der Waals surface area (Å²) in [4.78, 5) is 26.3. The number of ether oxygens (including phenoxy) is 1. The minimum Gasteiger partial charge on any atom is -0.481 e. The molecule has 0 atom stereocenters. The molecular formula is C21H24N2O3. The van der Waals surface area contributed by atoms with Gasteiger partial charge in [0, 0.05) is 17.7 Å². The molecule has 1 aliphatic rings. The van der Waals surface area contributed by atoms with Gasteiger partial charge in [0.2, 0.25) is 5.91 Å². The predicted molar refractivity (Wildman–Crippen MR) is 102 cm³/mol. The Balaban J connectivity index is 1.80. The maximum Gasteiger partial charge on any atom is 0.265 e. The van der Waals surface area contributed by atoms with E-state index in [9.17, 15) is 9.59 Å². The highest BCUT2D eigenvalue weighted by Gasteiger charge is 2.26. The molecule has 5 heteroatoms. The van der Waals surface area contributed by atoms with Crippen molar-refractivity contribution in [3.8, 4) is 5.75 Å². The minimum atomic E-state index is -0.0739. The fourth-order valence-electron chi connectivity index (χ4n) is 3.13. The van der Waals surface area contributed by atoms with E-state index in [0.29, 0.717) is 18.0 Å². The first-order valence-electron chi connectivity index (χ1n) is 9.04. The molecule has 2 aromatic carbocycles. The molecule has 1 aliphatic heterocycles. The standard InChI is InChI=1S/C21H24N2O3/c1-3-16(4-2)21(25)22-17-10-11-18-19(12-17)26-14-20(24)23(18)13-15-8-6-5-7-9-15/h5-12,16H,3-4,13-14H2,1-2H3,(H,22,25). The molecule has 0 radical (unpaired) electrons. The first-order valence-corrected chi connectivity index (χ1v) is 9.04. The third-order valence-corrected chi connectivity index (χ3v) is 4.71. The van der Waals surface area contributed by atoms with Gasteiger partial charge in [-0.3, -0.25) is 9.59 Å². The number of rotatable bonds is 6. The molecule has 0 saturated heterocycles. The summed E-state index contributed by atoms with van der Waals surface area (Å²) in [7, 11) is 0. The number of carbonyl (C=O) groups excluding carboxylic acids is 2. The third kappa shape index (κ3) is 3.87. The largest absolute Gasteiger partial charge is 0.481 e. The zero-order valence-corrected chi connectivity index (χ0v) is 15.2. The van der Waals surface area contributed by atoms with Crippen molar-refractivity contribution in [3.63, 3.8) is 0 Å². The second-order valence-corrected chi connectivity index (χ2v) is 6.44. The number of hydrogen-bond donors (Lipinski definition) is 1. The molecule has 0 fully saturated rings. The highest BCUT2D eigenvalue weighted by Crippen LogP contribution is 2.35. The molecule has 2 aromatic rings. The van der Waals surface area contributed by atoms with E-state index in [0.717, 1.165) is 24.1 Å². The van der Waals surface area contributed by atoms with Crippen LogP contribution in [0.25, 0.3) is 0 Å². The summed E-state index contributed by atoms with van der Waals surface area (Å²) in [6, 6.07) is 15.3. The minimum absolute atomic E-state index is 0.00288. The van der Waals surface area contributed by atoms with E-state index >= 15 is 0 Å². The van der Waals surface area contributed by atoms with Gasteiger partial charge in [-0.1, -0.05) is 44.2 Å². The Labute approximate surface area is 154 Å². The number of nitrogens with zero attached hydrogens (tertiary/aromatic N) is 1. The van der Waals surface area contributed by atoms with Gasteiger partial charge in [-0.15, -0.1) is 0 Å². The average Bonchev–Trinajstić information content (AvgIpc) is 2.66. The van der Waals surface area contributed by atoms with E-state index < -0.39 is 0 Å². The van der Waals surface area contributed by atoms with Crippen LogP contribution in [-0.4, -0.2) is 18.4 Å². The van der Waals surface area contributed by atoms with Crippen LogP contribution in [0.3, 0.4) is 0 Å². The van der Waals surface area contributed by atoms with Crippen LogP contribution in [0.15, 0.2) is 48.5 Å². The molecule has 1 heterocycles. The van der Waals surface area contributed by atoms with Crippen molar-refractivity contribution in [2.24, 2.45) is 5.92 Å². The zero-order valence-electron chi connectivity index (χ0n) is 15.2. The molecular weight excluding hydrogens is 328 g/mol. The van der Waals surface area contributed by atoms with Crippen LogP contribution >= 0.6 is 0 Å². The van der Waals surface area contributed by atoms with E-state index in [1.807, 2.05) is 56.3 Å². The summed E-state index contributed by atoms with van der Waals surface area (Å²) in [6.07, 6.45) is 1.62. The molecule has 0 saturated carbocycles. The van der Waals surface area contributed by atoms with E-state index in [2.05, 4.69) is 5.32 Å². The Morgan fingerprint density at radius 1 is 1.15 bits per heavy atom. The van der Waals surface area contributed by atoms with Crippen molar-refractivity contribution in [3.05, 3.63) is 54.1 Å². The average molecular weight is 352 g/mol. The molecule has 0 aliphatic carbocycles. The van der Waals surface area contributed by atoms with Crippen LogP contribution in [-0.2, 0) is 16.1 Å². The lowest BCUT2D eigenvalue weighted by atomic mass is 10.0. The monoisotopic (exact) mass is 352 g/mol. The van der Waals surface area contributed by atoms with Crippen molar-refractivity contribution in [2.45, 2.75) is 33.2 Å². The van der Waals surface area contributed by atoms with Crippen molar-refractivity contribution in [1.29, 1.82) is 0 Å². The first-order chi connectivity index (χ1) is 12.6. The Hall–Kier alpha value is -2.82. The van der Waals surface area contributed by atoms with Crippen molar-refractivity contribution in [1.82, 2.24) is 0 Å². The molecule has 136 valence electrons. The SMILES string of the molecule is CCC(CC)C(=O)Nc1ccc2c(c1)OCC(=O)N2Cc1ccccc1. The van der Waals surface area contributed by atoms with Gasteiger partial charge in [0.25, 0.3) is 5.91 Å². The van der Waals surface area contributed by atoms with E-state index in [1.165, 1.54) is 0 Å². The fraction of sp³-hybridized carbons (Fsp3) is 0.333. The predicted octanol–water partition coefficient (Wildman–Crippen LogP) is 3.99. The number of fused-ring (bicyclic) bond motifs is 1. The van der Waals surface area contributed by atoms with E-state index in [1.54, 1.807) is 11.0 Å². The molecule has 1 N–H and O–H groups in total. The topological polar surface area (TPSA) is 58.6 Å². The molecule has 0 aromatic heterocycles. The van der Waals surface area contributed by atoms with Gasteiger partial charge in [0.05, 0.1) is 12.2 Å². The lowest BCUT2D eigenvalue weighted by molar-refractivity contribution is -0.121. The quantitative estimate of drug-likeness (QED) is 0.855. The molecule has 0 unspecified atom stereocenters. The third-order valence-electron chi connectivity index (χ3n) is 4.71.